The summed E-state index contributed by atoms with van der Waals surface area (Å²) in [6.45, 7) is 1.50. The Morgan fingerprint density at radius 1 is 1.25 bits per heavy atom. The number of fused-ring (bicyclic) bond motifs is 2. The molecule has 0 spiro atoms. The van der Waals surface area contributed by atoms with Crippen LogP contribution in [0.5, 0.6) is 5.75 Å². The van der Waals surface area contributed by atoms with Crippen molar-refractivity contribution in [1.82, 2.24) is 10.9 Å². The standard InChI is InChI=1S/C18H23FN2O3/c1-11(24-16-5-3-2-4-15(16)19)18(23)21-20-17(22)10-14-9-12-6-7-13(14)8-12/h2-5,11-14H,6-10H2,1H3,(H,20,22)(H,21,23). The van der Waals surface area contributed by atoms with Crippen molar-refractivity contribution in [3.05, 3.63) is 30.1 Å². The highest BCUT2D eigenvalue weighted by molar-refractivity contribution is 5.84. The number of hydrogen-bond donors (Lipinski definition) is 2. The number of hydrazine groups is 1. The summed E-state index contributed by atoms with van der Waals surface area (Å²) >= 11 is 0. The van der Waals surface area contributed by atoms with Gasteiger partial charge in [-0.05, 0) is 56.1 Å². The molecule has 4 unspecified atom stereocenters. The second-order valence-electron chi connectivity index (χ2n) is 6.87. The minimum atomic E-state index is -0.912. The second-order valence-corrected chi connectivity index (χ2v) is 6.87. The first-order valence-electron chi connectivity index (χ1n) is 8.53. The van der Waals surface area contributed by atoms with E-state index in [4.69, 9.17) is 4.74 Å². The first-order chi connectivity index (χ1) is 11.5. The van der Waals surface area contributed by atoms with E-state index < -0.39 is 17.8 Å². The van der Waals surface area contributed by atoms with Crippen molar-refractivity contribution in [3.63, 3.8) is 0 Å². The van der Waals surface area contributed by atoms with Gasteiger partial charge >= 0.3 is 0 Å². The van der Waals surface area contributed by atoms with E-state index in [9.17, 15) is 14.0 Å². The molecule has 2 N–H and O–H groups in total. The Balaban J connectivity index is 1.41. The lowest BCUT2D eigenvalue weighted by molar-refractivity contribution is -0.133. The third-order valence-corrected chi connectivity index (χ3v) is 5.17. The number of carbonyl (C=O) groups excluding carboxylic acids is 2. The first-order valence-corrected chi connectivity index (χ1v) is 8.53. The second kappa shape index (κ2) is 7.20. The van der Waals surface area contributed by atoms with Crippen LogP contribution in [0.25, 0.3) is 0 Å². The number of carbonyl (C=O) groups is 2. The van der Waals surface area contributed by atoms with E-state index in [0.29, 0.717) is 18.3 Å². The summed E-state index contributed by atoms with van der Waals surface area (Å²) in [6.07, 6.45) is 4.43. The van der Waals surface area contributed by atoms with Crippen LogP contribution in [0.3, 0.4) is 0 Å². The van der Waals surface area contributed by atoms with E-state index in [-0.39, 0.29) is 11.7 Å². The number of amides is 2. The van der Waals surface area contributed by atoms with Gasteiger partial charge in [-0.3, -0.25) is 20.4 Å². The molecule has 24 heavy (non-hydrogen) atoms. The quantitative estimate of drug-likeness (QED) is 0.813. The predicted molar refractivity (Wildman–Crippen MR) is 86.3 cm³/mol. The Labute approximate surface area is 140 Å². The van der Waals surface area contributed by atoms with Crippen molar-refractivity contribution in [2.24, 2.45) is 17.8 Å². The van der Waals surface area contributed by atoms with Crippen LogP contribution < -0.4 is 15.6 Å². The molecule has 1 aromatic carbocycles. The van der Waals surface area contributed by atoms with Crippen LogP contribution in [0, 0.1) is 23.6 Å². The summed E-state index contributed by atoms with van der Waals surface area (Å²) in [6, 6.07) is 5.88. The van der Waals surface area contributed by atoms with Gasteiger partial charge in [0.1, 0.15) is 0 Å². The number of benzene rings is 1. The molecule has 1 aromatic rings. The molecule has 2 fully saturated rings. The lowest BCUT2D eigenvalue weighted by Crippen LogP contribution is -2.47. The van der Waals surface area contributed by atoms with Gasteiger partial charge in [0.2, 0.25) is 5.91 Å². The highest BCUT2D eigenvalue weighted by atomic mass is 19.1. The molecule has 0 radical (unpaired) electrons. The van der Waals surface area contributed by atoms with Crippen LogP contribution in [0.1, 0.15) is 39.0 Å². The van der Waals surface area contributed by atoms with Crippen LogP contribution in [0.2, 0.25) is 0 Å². The van der Waals surface area contributed by atoms with Crippen LogP contribution in [-0.4, -0.2) is 17.9 Å². The maximum atomic E-state index is 13.5. The summed E-state index contributed by atoms with van der Waals surface area (Å²) < 4.78 is 18.8. The fourth-order valence-corrected chi connectivity index (χ4v) is 3.93. The minimum Gasteiger partial charge on any atom is -0.478 e. The van der Waals surface area contributed by atoms with Gasteiger partial charge in [0.25, 0.3) is 5.91 Å². The molecule has 2 amide bonds. The molecule has 130 valence electrons. The Bertz CT molecular complexity index is 622. The highest BCUT2D eigenvalue weighted by Gasteiger charge is 2.40. The molecule has 6 heteroatoms. The molecule has 2 aliphatic rings. The molecule has 0 heterocycles. The Morgan fingerprint density at radius 2 is 2.04 bits per heavy atom. The van der Waals surface area contributed by atoms with Crippen molar-refractivity contribution in [2.75, 3.05) is 0 Å². The van der Waals surface area contributed by atoms with Crippen molar-refractivity contribution in [3.8, 4) is 5.75 Å². The van der Waals surface area contributed by atoms with Gasteiger partial charge in [-0.15, -0.1) is 0 Å². The lowest BCUT2D eigenvalue weighted by Gasteiger charge is -2.21. The third kappa shape index (κ3) is 3.86. The van der Waals surface area contributed by atoms with Gasteiger partial charge in [-0.1, -0.05) is 18.6 Å². The van der Waals surface area contributed by atoms with Crippen LogP contribution in [-0.2, 0) is 9.59 Å². The van der Waals surface area contributed by atoms with Gasteiger partial charge in [0.05, 0.1) is 0 Å². The SMILES string of the molecule is CC(Oc1ccccc1F)C(=O)NNC(=O)CC1CC2CCC1C2. The molecular formula is C18H23FN2O3. The Kier molecular flexibility index (Phi) is 5.02. The van der Waals surface area contributed by atoms with Gasteiger partial charge in [0.15, 0.2) is 17.7 Å². The lowest BCUT2D eigenvalue weighted by atomic mass is 9.86. The maximum Gasteiger partial charge on any atom is 0.279 e. The average Bonchev–Trinajstić information content (AvgIpc) is 3.17. The normalized spacial score (nSPS) is 26.0. The summed E-state index contributed by atoms with van der Waals surface area (Å²) in [5.41, 5.74) is 4.79. The average molecular weight is 334 g/mol. The number of hydrogen-bond acceptors (Lipinski definition) is 3. The summed E-state index contributed by atoms with van der Waals surface area (Å²) in [5, 5.41) is 0. The van der Waals surface area contributed by atoms with E-state index in [0.717, 1.165) is 12.3 Å². The molecule has 0 aromatic heterocycles. The van der Waals surface area contributed by atoms with Crippen molar-refractivity contribution in [1.29, 1.82) is 0 Å². The number of ether oxygens (including phenoxy) is 1. The topological polar surface area (TPSA) is 67.4 Å². The Morgan fingerprint density at radius 3 is 2.71 bits per heavy atom. The van der Waals surface area contributed by atoms with Crippen molar-refractivity contribution >= 4 is 11.8 Å². The van der Waals surface area contributed by atoms with Gasteiger partial charge < -0.3 is 4.74 Å². The summed E-state index contributed by atoms with van der Waals surface area (Å²) in [5.74, 6) is 0.675. The fraction of sp³-hybridized carbons (Fsp3) is 0.556. The molecule has 4 atom stereocenters. The van der Waals surface area contributed by atoms with E-state index in [1.165, 1.54) is 38.3 Å². The van der Waals surface area contributed by atoms with Crippen LogP contribution in [0.15, 0.2) is 24.3 Å². The third-order valence-electron chi connectivity index (χ3n) is 5.17. The highest BCUT2D eigenvalue weighted by Crippen LogP contribution is 2.49. The number of para-hydroxylation sites is 1. The smallest absolute Gasteiger partial charge is 0.279 e. The molecule has 2 bridgehead atoms. The fourth-order valence-electron chi connectivity index (χ4n) is 3.93. The van der Waals surface area contributed by atoms with Gasteiger partial charge in [-0.25, -0.2) is 4.39 Å². The monoisotopic (exact) mass is 334 g/mol. The first kappa shape index (κ1) is 16.7. The van der Waals surface area contributed by atoms with Crippen molar-refractivity contribution < 1.29 is 18.7 Å². The number of halogens is 1. The van der Waals surface area contributed by atoms with Gasteiger partial charge in [-0.2, -0.15) is 0 Å². The van der Waals surface area contributed by atoms with E-state index in [1.54, 1.807) is 12.1 Å². The van der Waals surface area contributed by atoms with E-state index in [2.05, 4.69) is 10.9 Å². The zero-order valence-corrected chi connectivity index (χ0v) is 13.8. The maximum absolute atomic E-state index is 13.5. The van der Waals surface area contributed by atoms with Crippen LogP contribution in [0.4, 0.5) is 4.39 Å². The van der Waals surface area contributed by atoms with E-state index >= 15 is 0 Å². The van der Waals surface area contributed by atoms with E-state index in [1.807, 2.05) is 0 Å². The molecule has 0 aliphatic heterocycles. The van der Waals surface area contributed by atoms with Crippen LogP contribution >= 0.6 is 0 Å². The predicted octanol–water partition coefficient (Wildman–Crippen LogP) is 2.57. The largest absolute Gasteiger partial charge is 0.478 e. The molecule has 2 aliphatic carbocycles. The summed E-state index contributed by atoms with van der Waals surface area (Å²) in [4.78, 5) is 23.9. The van der Waals surface area contributed by atoms with Crippen molar-refractivity contribution in [2.45, 2.75) is 45.1 Å². The van der Waals surface area contributed by atoms with Gasteiger partial charge in [0, 0.05) is 6.42 Å². The number of nitrogens with one attached hydrogen (secondary N) is 2. The zero-order chi connectivity index (χ0) is 17.1. The Hall–Kier alpha value is -2.11. The molecular weight excluding hydrogens is 311 g/mol. The molecule has 3 rings (SSSR count). The number of rotatable bonds is 5. The summed E-state index contributed by atoms with van der Waals surface area (Å²) in [7, 11) is 0. The molecule has 0 saturated heterocycles. The molecule has 5 nitrogen and oxygen atoms in total. The zero-order valence-electron chi connectivity index (χ0n) is 13.8. The minimum absolute atomic E-state index is 0.00783. The molecule has 2 saturated carbocycles.